The minimum atomic E-state index is -1.04. The topological polar surface area (TPSA) is 95.3 Å². The third kappa shape index (κ3) is 4.45. The first-order chi connectivity index (χ1) is 15.5. The highest BCUT2D eigenvalue weighted by Gasteiger charge is 2.17. The maximum atomic E-state index is 14.6. The highest BCUT2D eigenvalue weighted by molar-refractivity contribution is 7.22. The van der Waals surface area contributed by atoms with Crippen molar-refractivity contribution in [3.05, 3.63) is 54.9 Å². The summed E-state index contributed by atoms with van der Waals surface area (Å²) in [6.07, 6.45) is 5.31. The van der Waals surface area contributed by atoms with Crippen molar-refractivity contribution in [3.63, 3.8) is 0 Å². The molecule has 0 unspecified atom stereocenters. The van der Waals surface area contributed by atoms with Gasteiger partial charge in [-0.2, -0.15) is 0 Å². The Morgan fingerprint density at radius 1 is 1.16 bits per heavy atom. The van der Waals surface area contributed by atoms with E-state index in [1.807, 2.05) is 23.8 Å². The van der Waals surface area contributed by atoms with Crippen molar-refractivity contribution < 1.29 is 23.5 Å². The molecule has 10 heteroatoms. The molecule has 4 rings (SSSR count). The van der Waals surface area contributed by atoms with E-state index in [4.69, 9.17) is 4.74 Å². The number of nitrogens with one attached hydrogen (secondary N) is 1. The normalized spacial score (nSPS) is 10.8. The van der Waals surface area contributed by atoms with Crippen LogP contribution >= 0.6 is 11.3 Å². The average molecular weight is 454 g/mol. The number of hydrogen-bond donors (Lipinski definition) is 1. The summed E-state index contributed by atoms with van der Waals surface area (Å²) in [5.74, 6) is -2.30. The Balaban J connectivity index is 1.56. The van der Waals surface area contributed by atoms with Gasteiger partial charge in [0.1, 0.15) is 5.75 Å². The first kappa shape index (κ1) is 21.4. The second-order valence-electron chi connectivity index (χ2n) is 6.65. The minimum Gasteiger partial charge on any atom is -0.459 e. The highest BCUT2D eigenvalue weighted by atomic mass is 32.1. The van der Waals surface area contributed by atoms with E-state index >= 15 is 0 Å². The van der Waals surface area contributed by atoms with Crippen molar-refractivity contribution in [1.29, 1.82) is 0 Å². The van der Waals surface area contributed by atoms with E-state index in [9.17, 15) is 14.0 Å². The van der Waals surface area contributed by atoms with Gasteiger partial charge in [0.15, 0.2) is 11.6 Å². The van der Waals surface area contributed by atoms with Gasteiger partial charge in [-0.25, -0.2) is 14.2 Å². The molecule has 0 aliphatic carbocycles. The van der Waals surface area contributed by atoms with Crippen molar-refractivity contribution >= 4 is 39.1 Å². The zero-order chi connectivity index (χ0) is 22.7. The Kier molecular flexibility index (Phi) is 6.13. The number of fused-ring (bicyclic) bond motifs is 1. The number of anilines is 1. The van der Waals surface area contributed by atoms with Crippen LogP contribution < -0.4 is 10.1 Å². The molecule has 3 aromatic heterocycles. The van der Waals surface area contributed by atoms with Crippen molar-refractivity contribution in [2.75, 3.05) is 11.9 Å². The molecule has 4 aromatic rings. The van der Waals surface area contributed by atoms with E-state index in [1.54, 1.807) is 25.5 Å². The summed E-state index contributed by atoms with van der Waals surface area (Å²) in [6.45, 7) is 4.51. The maximum Gasteiger partial charge on any atom is 0.397 e. The summed E-state index contributed by atoms with van der Waals surface area (Å²) < 4.78 is 27.8. The number of imidazole rings is 1. The Labute approximate surface area is 186 Å². The van der Waals surface area contributed by atoms with Crippen LogP contribution in [0.2, 0.25) is 0 Å². The first-order valence-corrected chi connectivity index (χ1v) is 10.7. The molecule has 0 saturated heterocycles. The predicted octanol–water partition coefficient (Wildman–Crippen LogP) is 4.61. The summed E-state index contributed by atoms with van der Waals surface area (Å²) in [7, 11) is 0. The molecule has 8 nitrogen and oxygen atoms in total. The monoisotopic (exact) mass is 454 g/mol. The molecule has 3 heterocycles. The number of hydrogen-bond acceptors (Lipinski definition) is 7. The van der Waals surface area contributed by atoms with Gasteiger partial charge in [-0.1, -0.05) is 0 Å². The number of ether oxygens (including phenoxy) is 2. The fraction of sp³-hybridized carbons (Fsp3) is 0.182. The lowest BCUT2D eigenvalue weighted by atomic mass is 10.2. The molecule has 0 saturated carbocycles. The average Bonchev–Trinajstić information content (AvgIpc) is 3.43. The van der Waals surface area contributed by atoms with Gasteiger partial charge in [-0.15, -0.1) is 11.3 Å². The van der Waals surface area contributed by atoms with Gasteiger partial charge in [0, 0.05) is 36.8 Å². The highest BCUT2D eigenvalue weighted by Crippen LogP contribution is 2.39. The maximum absolute atomic E-state index is 14.6. The van der Waals surface area contributed by atoms with Gasteiger partial charge < -0.3 is 19.4 Å². The van der Waals surface area contributed by atoms with Crippen LogP contribution in [-0.2, 0) is 20.9 Å². The number of carbonyl (C=O) groups excluding carboxylic acids is 2. The molecule has 0 fully saturated rings. The van der Waals surface area contributed by atoms with Crippen molar-refractivity contribution in [3.8, 4) is 22.1 Å². The van der Waals surface area contributed by atoms with Crippen LogP contribution in [0.25, 0.3) is 20.8 Å². The van der Waals surface area contributed by atoms with Gasteiger partial charge in [0.2, 0.25) is 0 Å². The van der Waals surface area contributed by atoms with E-state index in [0.29, 0.717) is 11.3 Å². The summed E-state index contributed by atoms with van der Waals surface area (Å²) in [5.41, 5.74) is 1.65. The molecule has 0 atom stereocenters. The number of carbonyl (C=O) groups is 2. The molecule has 32 heavy (non-hydrogen) atoms. The van der Waals surface area contributed by atoms with Crippen LogP contribution in [0.5, 0.6) is 11.5 Å². The van der Waals surface area contributed by atoms with Crippen LogP contribution in [-0.4, -0.2) is 33.0 Å². The number of pyridine rings is 1. The first-order valence-electron chi connectivity index (χ1n) is 9.84. The standard InChI is InChI=1S/C22H19FN4O4S/c1-3-27-11-16(25-12-27)19-10-15-20(32-19)18(7-8-24-15)31-17-6-5-13(9-14(17)23)26-21(28)22(29)30-4-2/h5-12H,3-4H2,1-2H3,(H,26,28). The molecule has 0 bridgehead atoms. The SMILES string of the molecule is CCOC(=O)C(=O)Nc1ccc(Oc2ccnc3cc(-c4cn(CC)cn4)sc23)c(F)c1. The molecular formula is C22H19FN4O4S. The lowest BCUT2D eigenvalue weighted by Crippen LogP contribution is -2.25. The molecule has 0 spiro atoms. The van der Waals surface area contributed by atoms with Crippen LogP contribution in [0.3, 0.4) is 0 Å². The zero-order valence-electron chi connectivity index (χ0n) is 17.3. The number of aryl methyl sites for hydroxylation is 1. The second-order valence-corrected chi connectivity index (χ2v) is 7.70. The Hall–Kier alpha value is -3.79. The second kappa shape index (κ2) is 9.15. The van der Waals surface area contributed by atoms with Crippen LogP contribution in [0.4, 0.5) is 10.1 Å². The van der Waals surface area contributed by atoms with E-state index in [1.165, 1.54) is 23.5 Å². The molecule has 1 N–H and O–H groups in total. The van der Waals surface area contributed by atoms with Crippen molar-refractivity contribution in [2.24, 2.45) is 0 Å². The van der Waals surface area contributed by atoms with Gasteiger partial charge >= 0.3 is 11.9 Å². The lowest BCUT2D eigenvalue weighted by Gasteiger charge is -2.09. The van der Waals surface area contributed by atoms with E-state index in [-0.39, 0.29) is 18.0 Å². The number of thiophene rings is 1. The number of esters is 1. The number of aromatic nitrogens is 3. The molecule has 0 aliphatic rings. The third-order valence-corrected chi connectivity index (χ3v) is 5.66. The number of halogens is 1. The van der Waals surface area contributed by atoms with Crippen LogP contribution in [0, 0.1) is 5.82 Å². The van der Waals surface area contributed by atoms with E-state index in [2.05, 4.69) is 20.0 Å². The fourth-order valence-corrected chi connectivity index (χ4v) is 3.97. The van der Waals surface area contributed by atoms with Gasteiger partial charge in [-0.3, -0.25) is 9.78 Å². The smallest absolute Gasteiger partial charge is 0.397 e. The number of amides is 1. The van der Waals surface area contributed by atoms with E-state index in [0.717, 1.165) is 27.9 Å². The number of benzene rings is 1. The quantitative estimate of drug-likeness (QED) is 0.338. The van der Waals surface area contributed by atoms with Gasteiger partial charge in [-0.05, 0) is 32.0 Å². The fourth-order valence-electron chi connectivity index (χ4n) is 2.94. The minimum absolute atomic E-state index is 0.0307. The lowest BCUT2D eigenvalue weighted by molar-refractivity contribution is -0.152. The van der Waals surface area contributed by atoms with Crippen molar-refractivity contribution in [2.45, 2.75) is 20.4 Å². The Morgan fingerprint density at radius 2 is 2.00 bits per heavy atom. The largest absolute Gasteiger partial charge is 0.459 e. The molecule has 164 valence electrons. The summed E-state index contributed by atoms with van der Waals surface area (Å²) in [5, 5.41) is 2.29. The third-order valence-electron chi connectivity index (χ3n) is 4.50. The van der Waals surface area contributed by atoms with E-state index < -0.39 is 17.7 Å². The molecule has 0 aliphatic heterocycles. The molecule has 1 amide bonds. The zero-order valence-corrected chi connectivity index (χ0v) is 18.1. The van der Waals surface area contributed by atoms with Gasteiger partial charge in [0.25, 0.3) is 0 Å². The summed E-state index contributed by atoms with van der Waals surface area (Å²) in [4.78, 5) is 32.9. The molecule has 1 aromatic carbocycles. The number of rotatable bonds is 6. The molecule has 0 radical (unpaired) electrons. The number of nitrogens with zero attached hydrogens (tertiary/aromatic N) is 3. The van der Waals surface area contributed by atoms with Crippen LogP contribution in [0.15, 0.2) is 49.1 Å². The summed E-state index contributed by atoms with van der Waals surface area (Å²) >= 11 is 1.45. The van der Waals surface area contributed by atoms with Crippen LogP contribution in [0.1, 0.15) is 13.8 Å². The predicted molar refractivity (Wildman–Crippen MR) is 118 cm³/mol. The Bertz CT molecular complexity index is 1300. The van der Waals surface area contributed by atoms with Gasteiger partial charge in [0.05, 0.1) is 33.7 Å². The Morgan fingerprint density at radius 3 is 2.72 bits per heavy atom. The van der Waals surface area contributed by atoms with Crippen molar-refractivity contribution in [1.82, 2.24) is 14.5 Å². The summed E-state index contributed by atoms with van der Waals surface area (Å²) in [6, 6.07) is 7.45. The molecular weight excluding hydrogens is 435 g/mol.